The molecule has 0 aliphatic heterocycles. The Bertz CT molecular complexity index is 858. The van der Waals surface area contributed by atoms with Crippen LogP contribution in [0, 0.1) is 10.1 Å². The van der Waals surface area contributed by atoms with Crippen molar-refractivity contribution in [3.63, 3.8) is 0 Å². The molecule has 9 nitrogen and oxygen atoms in total. The smallest absolute Gasteiger partial charge is 0.283 e. The van der Waals surface area contributed by atoms with Crippen molar-refractivity contribution in [3.05, 3.63) is 63.2 Å². The molecule has 0 saturated heterocycles. The number of nitrogens with zero attached hydrogens (tertiary/aromatic N) is 1. The lowest BCUT2D eigenvalue weighted by Crippen LogP contribution is -2.44. The van der Waals surface area contributed by atoms with Gasteiger partial charge in [-0.15, -0.1) is 0 Å². The fourth-order valence-electron chi connectivity index (χ4n) is 2.07. The zero-order valence-electron chi connectivity index (χ0n) is 14.2. The number of para-hydroxylation sites is 2. The number of nitrogens with one attached hydrogen (secondary N) is 2. The summed E-state index contributed by atoms with van der Waals surface area (Å²) < 4.78 is 10.7. The lowest BCUT2D eigenvalue weighted by Gasteiger charge is -2.12. The molecule has 27 heavy (non-hydrogen) atoms. The van der Waals surface area contributed by atoms with Crippen molar-refractivity contribution in [2.24, 2.45) is 0 Å². The van der Waals surface area contributed by atoms with E-state index in [9.17, 15) is 19.7 Å². The number of benzene rings is 2. The van der Waals surface area contributed by atoms with Gasteiger partial charge in [-0.3, -0.25) is 30.6 Å². The molecular weight excluding hydrogens is 378 g/mol. The minimum atomic E-state index is -0.860. The number of halogens is 1. The maximum atomic E-state index is 12.1. The van der Waals surface area contributed by atoms with E-state index in [0.29, 0.717) is 18.1 Å². The minimum absolute atomic E-state index is 0.114. The Morgan fingerprint density at radius 1 is 1.11 bits per heavy atom. The van der Waals surface area contributed by atoms with Crippen LogP contribution in [0.2, 0.25) is 5.02 Å². The summed E-state index contributed by atoms with van der Waals surface area (Å²) in [7, 11) is 0. The van der Waals surface area contributed by atoms with E-state index in [2.05, 4.69) is 10.9 Å². The predicted octanol–water partition coefficient (Wildman–Crippen LogP) is 2.49. The van der Waals surface area contributed by atoms with Crippen LogP contribution in [0.4, 0.5) is 5.69 Å². The highest BCUT2D eigenvalue weighted by Gasteiger charge is 2.21. The summed E-state index contributed by atoms with van der Waals surface area (Å²) in [5.74, 6) is -0.671. The summed E-state index contributed by atoms with van der Waals surface area (Å²) in [6.45, 7) is 1.85. The fraction of sp³-hybridized carbons (Fsp3) is 0.176. The molecule has 10 heteroatoms. The van der Waals surface area contributed by atoms with E-state index in [4.69, 9.17) is 21.1 Å². The lowest BCUT2D eigenvalue weighted by atomic mass is 10.2. The van der Waals surface area contributed by atoms with E-state index >= 15 is 0 Å². The summed E-state index contributed by atoms with van der Waals surface area (Å²) in [6, 6.07) is 10.4. The molecule has 0 aliphatic rings. The zero-order valence-corrected chi connectivity index (χ0v) is 15.0. The van der Waals surface area contributed by atoms with Gasteiger partial charge in [0.25, 0.3) is 17.5 Å². The Morgan fingerprint density at radius 3 is 2.41 bits per heavy atom. The van der Waals surface area contributed by atoms with Gasteiger partial charge < -0.3 is 9.47 Å². The molecule has 0 radical (unpaired) electrons. The predicted molar refractivity (Wildman–Crippen MR) is 96.8 cm³/mol. The summed E-state index contributed by atoms with van der Waals surface area (Å²) >= 11 is 5.70. The molecule has 142 valence electrons. The topological polar surface area (TPSA) is 120 Å². The van der Waals surface area contributed by atoms with Crippen LogP contribution in [0.3, 0.4) is 0 Å². The zero-order chi connectivity index (χ0) is 19.8. The molecule has 0 bridgehead atoms. The number of hydrazine groups is 1. The second kappa shape index (κ2) is 9.39. The Morgan fingerprint density at radius 2 is 1.78 bits per heavy atom. The first-order valence-corrected chi connectivity index (χ1v) is 8.18. The standard InChI is InChI=1S/C17H16ClN3O6/c1-2-26-14-5-3-4-6-15(14)27-10-16(22)19-20-17(23)12-8-7-11(18)9-13(12)21(24)25/h3-9H,2,10H2,1H3,(H,19,22)(H,20,23). The molecule has 2 N–H and O–H groups in total. The third-order valence-corrected chi connectivity index (χ3v) is 3.46. The first-order valence-electron chi connectivity index (χ1n) is 7.80. The summed E-state index contributed by atoms with van der Waals surface area (Å²) in [5, 5.41) is 11.1. The molecule has 0 spiro atoms. The Kier molecular flexibility index (Phi) is 6.95. The number of hydrogen-bond acceptors (Lipinski definition) is 6. The number of rotatable bonds is 7. The number of carbonyl (C=O) groups excluding carboxylic acids is 2. The monoisotopic (exact) mass is 393 g/mol. The van der Waals surface area contributed by atoms with Crippen LogP contribution >= 0.6 is 11.6 Å². The highest BCUT2D eigenvalue weighted by Crippen LogP contribution is 2.26. The maximum Gasteiger partial charge on any atom is 0.283 e. The van der Waals surface area contributed by atoms with Gasteiger partial charge in [-0.25, -0.2) is 0 Å². The van der Waals surface area contributed by atoms with Crippen LogP contribution in [-0.2, 0) is 4.79 Å². The average molecular weight is 394 g/mol. The van der Waals surface area contributed by atoms with Crippen LogP contribution in [0.5, 0.6) is 11.5 Å². The summed E-state index contributed by atoms with van der Waals surface area (Å²) in [5.41, 5.74) is 3.50. The van der Waals surface area contributed by atoms with Gasteiger partial charge in [0, 0.05) is 11.1 Å². The average Bonchev–Trinajstić information content (AvgIpc) is 2.65. The van der Waals surface area contributed by atoms with Gasteiger partial charge >= 0.3 is 0 Å². The molecule has 2 amide bonds. The lowest BCUT2D eigenvalue weighted by molar-refractivity contribution is -0.385. The summed E-state index contributed by atoms with van der Waals surface area (Å²) in [4.78, 5) is 34.2. The van der Waals surface area contributed by atoms with E-state index in [-0.39, 0.29) is 10.6 Å². The van der Waals surface area contributed by atoms with E-state index in [1.165, 1.54) is 12.1 Å². The second-order valence-corrected chi connectivity index (χ2v) is 5.53. The number of amides is 2. The highest BCUT2D eigenvalue weighted by atomic mass is 35.5. The fourth-order valence-corrected chi connectivity index (χ4v) is 2.23. The molecule has 2 aromatic carbocycles. The maximum absolute atomic E-state index is 12.1. The van der Waals surface area contributed by atoms with Gasteiger partial charge in [0.1, 0.15) is 5.56 Å². The largest absolute Gasteiger partial charge is 0.490 e. The van der Waals surface area contributed by atoms with Crippen LogP contribution in [0.1, 0.15) is 17.3 Å². The Balaban J connectivity index is 1.93. The number of nitro benzene ring substituents is 1. The van der Waals surface area contributed by atoms with Gasteiger partial charge in [0.05, 0.1) is 11.5 Å². The number of ether oxygens (including phenoxy) is 2. The quantitative estimate of drug-likeness (QED) is 0.550. The molecular formula is C17H16ClN3O6. The molecule has 0 atom stereocenters. The molecule has 0 fully saturated rings. The van der Waals surface area contributed by atoms with E-state index in [0.717, 1.165) is 6.07 Å². The van der Waals surface area contributed by atoms with Crippen LogP contribution < -0.4 is 20.3 Å². The Labute approximate surface area is 159 Å². The van der Waals surface area contributed by atoms with Crippen molar-refractivity contribution >= 4 is 29.1 Å². The highest BCUT2D eigenvalue weighted by molar-refractivity contribution is 6.31. The van der Waals surface area contributed by atoms with Crippen LogP contribution in [0.15, 0.2) is 42.5 Å². The van der Waals surface area contributed by atoms with Crippen molar-refractivity contribution in [1.82, 2.24) is 10.9 Å². The van der Waals surface area contributed by atoms with Crippen LogP contribution in [-0.4, -0.2) is 30.0 Å². The van der Waals surface area contributed by atoms with Gasteiger partial charge in [-0.2, -0.15) is 0 Å². The van der Waals surface area contributed by atoms with Crippen molar-refractivity contribution in [2.45, 2.75) is 6.92 Å². The summed E-state index contributed by atoms with van der Waals surface area (Å²) in [6.07, 6.45) is 0. The van der Waals surface area contributed by atoms with E-state index < -0.39 is 29.0 Å². The first kappa shape index (κ1) is 20.0. The molecule has 0 unspecified atom stereocenters. The third kappa shape index (κ3) is 5.58. The van der Waals surface area contributed by atoms with Gasteiger partial charge in [0.15, 0.2) is 18.1 Å². The number of hydrogen-bond donors (Lipinski definition) is 2. The van der Waals surface area contributed by atoms with Gasteiger partial charge in [-0.1, -0.05) is 23.7 Å². The number of carbonyl (C=O) groups is 2. The van der Waals surface area contributed by atoms with Crippen molar-refractivity contribution < 1.29 is 24.0 Å². The van der Waals surface area contributed by atoms with Crippen molar-refractivity contribution in [3.8, 4) is 11.5 Å². The Hall–Kier alpha value is -3.33. The third-order valence-electron chi connectivity index (χ3n) is 3.22. The van der Waals surface area contributed by atoms with Crippen molar-refractivity contribution in [1.29, 1.82) is 0 Å². The van der Waals surface area contributed by atoms with Crippen molar-refractivity contribution in [2.75, 3.05) is 13.2 Å². The molecule has 2 rings (SSSR count). The molecule has 0 aromatic heterocycles. The molecule has 0 aliphatic carbocycles. The molecule has 0 saturated carbocycles. The van der Waals surface area contributed by atoms with E-state index in [1.807, 2.05) is 6.92 Å². The van der Waals surface area contributed by atoms with Gasteiger partial charge in [0.2, 0.25) is 0 Å². The minimum Gasteiger partial charge on any atom is -0.490 e. The molecule has 2 aromatic rings. The second-order valence-electron chi connectivity index (χ2n) is 5.09. The first-order chi connectivity index (χ1) is 12.9. The van der Waals surface area contributed by atoms with Crippen LogP contribution in [0.25, 0.3) is 0 Å². The normalized spacial score (nSPS) is 10.0. The molecule has 0 heterocycles. The van der Waals surface area contributed by atoms with Gasteiger partial charge in [-0.05, 0) is 31.2 Å². The van der Waals surface area contributed by atoms with E-state index in [1.54, 1.807) is 24.3 Å². The number of nitro groups is 1. The SMILES string of the molecule is CCOc1ccccc1OCC(=O)NNC(=O)c1ccc(Cl)cc1[N+](=O)[O-].